The number of anilines is 1. The van der Waals surface area contributed by atoms with E-state index < -0.39 is 10.0 Å². The standard InChI is InChI=1S/C28H37N5O4S2/c1-3-37-23-6-9-25-26(20-23)38-28(30-25)32-18-16-31(17-19-32)15-12-29-27(34)22-4-7-24(8-5-22)39(35,36)33-13-10-21(2)11-14-33/h4-9,20-21H,3,10-19H2,1-2H3,(H,29,34). The van der Waals surface area contributed by atoms with Crippen molar-refractivity contribution in [2.75, 3.05) is 63.9 Å². The zero-order chi connectivity index (χ0) is 27.4. The first-order valence-electron chi connectivity index (χ1n) is 13.7. The molecule has 2 aliphatic heterocycles. The molecule has 0 radical (unpaired) electrons. The number of benzene rings is 2. The predicted octanol–water partition coefficient (Wildman–Crippen LogP) is 3.67. The molecule has 0 unspecified atom stereocenters. The lowest BCUT2D eigenvalue weighted by Gasteiger charge is -2.34. The number of carbonyl (C=O) groups excluding carboxylic acids is 1. The summed E-state index contributed by atoms with van der Waals surface area (Å²) in [6.45, 7) is 10.8. The molecule has 39 heavy (non-hydrogen) atoms. The lowest BCUT2D eigenvalue weighted by molar-refractivity contribution is 0.0947. The monoisotopic (exact) mass is 571 g/mol. The Morgan fingerprint density at radius 1 is 1.05 bits per heavy atom. The molecule has 11 heteroatoms. The van der Waals surface area contributed by atoms with Crippen molar-refractivity contribution in [3.63, 3.8) is 0 Å². The topological polar surface area (TPSA) is 95.1 Å². The van der Waals surface area contributed by atoms with Gasteiger partial charge >= 0.3 is 0 Å². The summed E-state index contributed by atoms with van der Waals surface area (Å²) < 4.78 is 34.2. The molecule has 0 aliphatic carbocycles. The molecule has 0 spiro atoms. The van der Waals surface area contributed by atoms with Crippen LogP contribution in [0.2, 0.25) is 0 Å². The molecule has 210 valence electrons. The molecule has 3 heterocycles. The zero-order valence-corrected chi connectivity index (χ0v) is 24.3. The van der Waals surface area contributed by atoms with E-state index in [0.29, 0.717) is 37.7 Å². The minimum atomic E-state index is -3.51. The lowest BCUT2D eigenvalue weighted by Crippen LogP contribution is -2.48. The summed E-state index contributed by atoms with van der Waals surface area (Å²) in [6.07, 6.45) is 1.76. The largest absolute Gasteiger partial charge is 0.494 e. The Kier molecular flexibility index (Phi) is 8.70. The molecule has 1 N–H and O–H groups in total. The smallest absolute Gasteiger partial charge is 0.251 e. The van der Waals surface area contributed by atoms with Gasteiger partial charge in [-0.1, -0.05) is 18.3 Å². The Labute approximate surface area is 234 Å². The Balaban J connectivity index is 1.07. The third-order valence-corrected chi connectivity index (χ3v) is 10.5. The van der Waals surface area contributed by atoms with Gasteiger partial charge in [0, 0.05) is 57.9 Å². The van der Waals surface area contributed by atoms with E-state index in [1.165, 1.54) is 0 Å². The van der Waals surface area contributed by atoms with E-state index in [-0.39, 0.29) is 10.8 Å². The zero-order valence-electron chi connectivity index (χ0n) is 22.6. The van der Waals surface area contributed by atoms with Gasteiger partial charge in [-0.15, -0.1) is 0 Å². The van der Waals surface area contributed by atoms with Crippen LogP contribution in [0.4, 0.5) is 5.13 Å². The number of amides is 1. The lowest BCUT2D eigenvalue weighted by atomic mass is 10.0. The van der Waals surface area contributed by atoms with Crippen molar-refractivity contribution in [1.82, 2.24) is 19.5 Å². The Bertz CT molecular complexity index is 1380. The van der Waals surface area contributed by atoms with Gasteiger partial charge in [-0.25, -0.2) is 13.4 Å². The first-order valence-corrected chi connectivity index (χ1v) is 16.0. The minimum Gasteiger partial charge on any atom is -0.494 e. The summed E-state index contributed by atoms with van der Waals surface area (Å²) in [4.78, 5) is 22.4. The van der Waals surface area contributed by atoms with Crippen molar-refractivity contribution in [2.24, 2.45) is 5.92 Å². The number of piperidine rings is 1. The number of sulfonamides is 1. The van der Waals surface area contributed by atoms with Crippen LogP contribution in [-0.4, -0.2) is 87.5 Å². The summed E-state index contributed by atoms with van der Waals surface area (Å²) in [7, 11) is -3.51. The summed E-state index contributed by atoms with van der Waals surface area (Å²) in [6, 6.07) is 12.3. The average Bonchev–Trinajstić information content (AvgIpc) is 3.37. The molecule has 1 aromatic heterocycles. The number of nitrogens with zero attached hydrogens (tertiary/aromatic N) is 4. The third-order valence-electron chi connectivity index (χ3n) is 7.51. The number of rotatable bonds is 9. The van der Waals surface area contributed by atoms with Gasteiger partial charge in [-0.3, -0.25) is 9.69 Å². The number of carbonyl (C=O) groups is 1. The average molecular weight is 572 g/mol. The van der Waals surface area contributed by atoms with Crippen LogP contribution in [0, 0.1) is 5.92 Å². The summed E-state index contributed by atoms with van der Waals surface area (Å²) >= 11 is 1.69. The molecular formula is C28H37N5O4S2. The Morgan fingerprint density at radius 2 is 1.77 bits per heavy atom. The van der Waals surface area contributed by atoms with Gasteiger partial charge in [0.1, 0.15) is 5.75 Å². The second-order valence-electron chi connectivity index (χ2n) is 10.3. The summed E-state index contributed by atoms with van der Waals surface area (Å²) in [5, 5.41) is 4.01. The maximum Gasteiger partial charge on any atom is 0.251 e. The first kappa shape index (κ1) is 27.8. The van der Waals surface area contributed by atoms with Gasteiger partial charge in [0.25, 0.3) is 5.91 Å². The van der Waals surface area contributed by atoms with Crippen molar-refractivity contribution in [3.8, 4) is 5.75 Å². The fourth-order valence-electron chi connectivity index (χ4n) is 5.03. The van der Waals surface area contributed by atoms with E-state index in [1.807, 2.05) is 19.1 Å². The predicted molar refractivity (Wildman–Crippen MR) is 155 cm³/mol. The SMILES string of the molecule is CCOc1ccc2nc(N3CCN(CCNC(=O)c4ccc(S(=O)(=O)N5CCC(C)CC5)cc4)CC3)sc2c1. The normalized spacial score (nSPS) is 17.9. The Morgan fingerprint density at radius 3 is 2.46 bits per heavy atom. The van der Waals surface area contributed by atoms with Crippen LogP contribution in [0.5, 0.6) is 5.75 Å². The van der Waals surface area contributed by atoms with Crippen molar-refractivity contribution >= 4 is 42.6 Å². The molecule has 3 aromatic rings. The Hall–Kier alpha value is -2.73. The first-order chi connectivity index (χ1) is 18.8. The van der Waals surface area contributed by atoms with E-state index in [1.54, 1.807) is 39.9 Å². The van der Waals surface area contributed by atoms with Crippen molar-refractivity contribution in [2.45, 2.75) is 31.6 Å². The van der Waals surface area contributed by atoms with E-state index >= 15 is 0 Å². The fourth-order valence-corrected chi connectivity index (χ4v) is 7.54. The van der Waals surface area contributed by atoms with Crippen molar-refractivity contribution in [1.29, 1.82) is 0 Å². The molecule has 0 saturated carbocycles. The number of fused-ring (bicyclic) bond motifs is 1. The second-order valence-corrected chi connectivity index (χ2v) is 13.2. The number of ether oxygens (including phenoxy) is 1. The maximum atomic E-state index is 12.9. The number of thiazole rings is 1. The third kappa shape index (κ3) is 6.54. The fraction of sp³-hybridized carbons (Fsp3) is 0.500. The number of nitrogens with one attached hydrogen (secondary N) is 1. The van der Waals surface area contributed by atoms with Gasteiger partial charge in [0.2, 0.25) is 10.0 Å². The van der Waals surface area contributed by atoms with E-state index in [2.05, 4.69) is 28.1 Å². The van der Waals surface area contributed by atoms with Crippen LogP contribution in [-0.2, 0) is 10.0 Å². The molecule has 2 aromatic carbocycles. The quantitative estimate of drug-likeness (QED) is 0.419. The van der Waals surface area contributed by atoms with Crippen LogP contribution in [0.3, 0.4) is 0 Å². The van der Waals surface area contributed by atoms with Gasteiger partial charge in [0.05, 0.1) is 21.7 Å². The van der Waals surface area contributed by atoms with Crippen LogP contribution >= 0.6 is 11.3 Å². The maximum absolute atomic E-state index is 12.9. The van der Waals surface area contributed by atoms with Crippen LogP contribution in [0.1, 0.15) is 37.0 Å². The highest BCUT2D eigenvalue weighted by molar-refractivity contribution is 7.89. The van der Waals surface area contributed by atoms with Crippen molar-refractivity contribution < 1.29 is 17.9 Å². The van der Waals surface area contributed by atoms with E-state index in [4.69, 9.17) is 9.72 Å². The van der Waals surface area contributed by atoms with E-state index in [9.17, 15) is 13.2 Å². The molecule has 2 aliphatic rings. The summed E-state index contributed by atoms with van der Waals surface area (Å²) in [5.41, 5.74) is 1.46. The van der Waals surface area contributed by atoms with E-state index in [0.717, 1.165) is 66.7 Å². The molecule has 0 atom stereocenters. The molecule has 9 nitrogen and oxygen atoms in total. The molecule has 1 amide bonds. The van der Waals surface area contributed by atoms with Crippen LogP contribution < -0.4 is 15.0 Å². The van der Waals surface area contributed by atoms with Crippen molar-refractivity contribution in [3.05, 3.63) is 48.0 Å². The molecule has 2 saturated heterocycles. The number of hydrogen-bond acceptors (Lipinski definition) is 8. The van der Waals surface area contributed by atoms with Gasteiger partial charge in [0.15, 0.2) is 5.13 Å². The van der Waals surface area contributed by atoms with Gasteiger partial charge < -0.3 is 15.0 Å². The molecule has 2 fully saturated rings. The van der Waals surface area contributed by atoms with Gasteiger partial charge in [-0.2, -0.15) is 4.31 Å². The second kappa shape index (κ2) is 12.2. The molecule has 5 rings (SSSR count). The van der Waals surface area contributed by atoms with Crippen LogP contribution in [0.25, 0.3) is 10.2 Å². The highest BCUT2D eigenvalue weighted by atomic mass is 32.2. The minimum absolute atomic E-state index is 0.190. The number of piperazine rings is 1. The number of hydrogen-bond donors (Lipinski definition) is 1. The molecule has 0 bridgehead atoms. The molecular weight excluding hydrogens is 534 g/mol. The number of aromatic nitrogens is 1. The summed E-state index contributed by atoms with van der Waals surface area (Å²) in [5.74, 6) is 1.24. The van der Waals surface area contributed by atoms with Gasteiger partial charge in [-0.05, 0) is 68.1 Å². The highest BCUT2D eigenvalue weighted by Crippen LogP contribution is 2.32. The van der Waals surface area contributed by atoms with Crippen LogP contribution in [0.15, 0.2) is 47.4 Å². The highest BCUT2D eigenvalue weighted by Gasteiger charge is 2.28.